The molecule has 0 saturated carbocycles. The number of aliphatic hydroxyl groups excluding tert-OH is 2. The lowest BCUT2D eigenvalue weighted by Crippen LogP contribution is -2.68. The molecule has 1 aromatic carbocycles. The molecule has 0 amide bonds. The molecule has 112 valence electrons. The Balaban J connectivity index is 2.34. The van der Waals surface area contributed by atoms with E-state index in [4.69, 9.17) is 10.8 Å². The van der Waals surface area contributed by atoms with Crippen molar-refractivity contribution in [2.45, 2.75) is 50.8 Å². The zero-order valence-electron chi connectivity index (χ0n) is 12.6. The van der Waals surface area contributed by atoms with Crippen LogP contribution in [0.1, 0.15) is 32.8 Å². The molecule has 0 fully saturated rings. The Bertz CT molecular complexity index is 471. The largest absolute Gasteiger partial charge is 0.394 e. The van der Waals surface area contributed by atoms with E-state index in [1.54, 1.807) is 0 Å². The molecule has 0 spiro atoms. The minimum atomic E-state index is -0.677. The lowest BCUT2D eigenvalue weighted by molar-refractivity contribution is 0.0873. The van der Waals surface area contributed by atoms with Crippen molar-refractivity contribution in [1.82, 2.24) is 0 Å². The number of anilines is 1. The predicted molar refractivity (Wildman–Crippen MR) is 81.9 cm³/mol. The lowest BCUT2D eigenvalue weighted by Gasteiger charge is -2.54. The standard InChI is InChI=1S/C16H26N2O2/c1-15(2)16(3,17)10-12-6-4-5-7-14(12)18(15)9-8-13(20)11-19/h4-7,13,19-20H,8-11,17H2,1-3H3. The number of benzene rings is 1. The second kappa shape index (κ2) is 5.35. The molecule has 1 heterocycles. The van der Waals surface area contributed by atoms with Gasteiger partial charge in [0, 0.05) is 17.8 Å². The van der Waals surface area contributed by atoms with Gasteiger partial charge in [0.2, 0.25) is 0 Å². The van der Waals surface area contributed by atoms with E-state index in [1.807, 2.05) is 12.1 Å². The Morgan fingerprint density at radius 1 is 1.30 bits per heavy atom. The second-order valence-corrected chi connectivity index (χ2v) is 6.56. The summed E-state index contributed by atoms with van der Waals surface area (Å²) in [6, 6.07) is 8.29. The van der Waals surface area contributed by atoms with Crippen LogP contribution < -0.4 is 10.6 Å². The third-order valence-corrected chi connectivity index (χ3v) is 4.81. The summed E-state index contributed by atoms with van der Waals surface area (Å²) in [6.07, 6.45) is 0.698. The molecule has 20 heavy (non-hydrogen) atoms. The molecule has 4 heteroatoms. The fourth-order valence-corrected chi connectivity index (χ4v) is 2.91. The summed E-state index contributed by atoms with van der Waals surface area (Å²) in [5, 5.41) is 18.6. The zero-order valence-corrected chi connectivity index (χ0v) is 12.6. The fourth-order valence-electron chi connectivity index (χ4n) is 2.91. The maximum Gasteiger partial charge on any atom is 0.0787 e. The van der Waals surface area contributed by atoms with Gasteiger partial charge in [0.15, 0.2) is 0 Å². The molecule has 0 bridgehead atoms. The van der Waals surface area contributed by atoms with E-state index < -0.39 is 6.10 Å². The summed E-state index contributed by atoms with van der Waals surface area (Å²) < 4.78 is 0. The summed E-state index contributed by atoms with van der Waals surface area (Å²) in [4.78, 5) is 2.27. The van der Waals surface area contributed by atoms with Gasteiger partial charge >= 0.3 is 0 Å². The van der Waals surface area contributed by atoms with E-state index in [9.17, 15) is 5.11 Å². The number of hydrogen-bond donors (Lipinski definition) is 3. The Morgan fingerprint density at radius 2 is 1.95 bits per heavy atom. The van der Waals surface area contributed by atoms with Gasteiger partial charge in [-0.05, 0) is 45.2 Å². The van der Waals surface area contributed by atoms with E-state index in [0.717, 1.165) is 6.42 Å². The first-order valence-electron chi connectivity index (χ1n) is 7.23. The number of nitrogens with two attached hydrogens (primary N) is 1. The highest BCUT2D eigenvalue weighted by Crippen LogP contribution is 2.41. The van der Waals surface area contributed by atoms with E-state index in [0.29, 0.717) is 13.0 Å². The zero-order chi connectivity index (χ0) is 15.0. The van der Waals surface area contributed by atoms with Crippen LogP contribution in [-0.4, -0.2) is 40.5 Å². The molecule has 1 aliphatic rings. The topological polar surface area (TPSA) is 69.7 Å². The van der Waals surface area contributed by atoms with E-state index in [-0.39, 0.29) is 17.7 Å². The van der Waals surface area contributed by atoms with Crippen molar-refractivity contribution in [1.29, 1.82) is 0 Å². The lowest BCUT2D eigenvalue weighted by atomic mass is 9.72. The van der Waals surface area contributed by atoms with Gasteiger partial charge in [0.25, 0.3) is 0 Å². The summed E-state index contributed by atoms with van der Waals surface area (Å²) in [7, 11) is 0. The van der Waals surface area contributed by atoms with Gasteiger partial charge in [-0.1, -0.05) is 18.2 Å². The van der Waals surface area contributed by atoms with Gasteiger partial charge in [-0.3, -0.25) is 0 Å². The van der Waals surface area contributed by atoms with Gasteiger partial charge in [0.05, 0.1) is 18.2 Å². The van der Waals surface area contributed by atoms with Crippen LogP contribution in [-0.2, 0) is 6.42 Å². The van der Waals surface area contributed by atoms with Gasteiger partial charge in [-0.25, -0.2) is 0 Å². The number of fused-ring (bicyclic) bond motifs is 1. The van der Waals surface area contributed by atoms with Gasteiger partial charge < -0.3 is 20.8 Å². The highest BCUT2D eigenvalue weighted by atomic mass is 16.3. The predicted octanol–water partition coefficient (Wildman–Crippen LogP) is 1.29. The van der Waals surface area contributed by atoms with Crippen LogP contribution in [0.5, 0.6) is 0 Å². The average molecular weight is 278 g/mol. The smallest absolute Gasteiger partial charge is 0.0787 e. The molecule has 4 nitrogen and oxygen atoms in total. The highest BCUT2D eigenvalue weighted by Gasteiger charge is 2.46. The van der Waals surface area contributed by atoms with Crippen LogP contribution in [0.15, 0.2) is 24.3 Å². The maximum absolute atomic E-state index is 9.63. The monoisotopic (exact) mass is 278 g/mol. The van der Waals surface area contributed by atoms with Crippen LogP contribution in [0.25, 0.3) is 0 Å². The van der Waals surface area contributed by atoms with Crippen molar-refractivity contribution in [3.8, 4) is 0 Å². The van der Waals surface area contributed by atoms with Crippen molar-refractivity contribution >= 4 is 5.69 Å². The van der Waals surface area contributed by atoms with Crippen molar-refractivity contribution < 1.29 is 10.2 Å². The Labute approximate surface area is 121 Å². The molecule has 4 N–H and O–H groups in total. The van der Waals surface area contributed by atoms with Crippen molar-refractivity contribution in [3.05, 3.63) is 29.8 Å². The first-order valence-corrected chi connectivity index (χ1v) is 7.23. The van der Waals surface area contributed by atoms with Crippen LogP contribution >= 0.6 is 0 Å². The summed E-state index contributed by atoms with van der Waals surface area (Å²) in [5.41, 5.74) is 8.42. The minimum Gasteiger partial charge on any atom is -0.394 e. The number of hydrogen-bond acceptors (Lipinski definition) is 4. The fraction of sp³-hybridized carbons (Fsp3) is 0.625. The normalized spacial score (nSPS) is 26.2. The number of rotatable bonds is 4. The molecule has 1 aliphatic heterocycles. The average Bonchev–Trinajstić information content (AvgIpc) is 2.38. The Morgan fingerprint density at radius 3 is 2.60 bits per heavy atom. The van der Waals surface area contributed by atoms with E-state index >= 15 is 0 Å². The third-order valence-electron chi connectivity index (χ3n) is 4.81. The van der Waals surface area contributed by atoms with Crippen molar-refractivity contribution in [2.24, 2.45) is 5.73 Å². The van der Waals surface area contributed by atoms with Crippen LogP contribution in [0.2, 0.25) is 0 Å². The highest BCUT2D eigenvalue weighted by molar-refractivity contribution is 5.60. The van der Waals surface area contributed by atoms with Crippen LogP contribution in [0.3, 0.4) is 0 Å². The Hall–Kier alpha value is -1.10. The molecule has 2 rings (SSSR count). The first kappa shape index (κ1) is 15.3. The molecule has 0 aliphatic carbocycles. The first-order chi connectivity index (χ1) is 9.29. The quantitative estimate of drug-likeness (QED) is 0.776. The molecule has 0 aromatic heterocycles. The molecule has 2 unspecified atom stereocenters. The third kappa shape index (κ3) is 2.55. The minimum absolute atomic E-state index is 0.199. The van der Waals surface area contributed by atoms with E-state index in [1.165, 1.54) is 11.3 Å². The summed E-state index contributed by atoms with van der Waals surface area (Å²) in [5.74, 6) is 0. The molecular formula is C16H26N2O2. The maximum atomic E-state index is 9.63. The van der Waals surface area contributed by atoms with Gasteiger partial charge in [-0.2, -0.15) is 0 Å². The molecule has 1 aromatic rings. The number of para-hydroxylation sites is 1. The Kier molecular flexibility index (Phi) is 4.09. The summed E-state index contributed by atoms with van der Waals surface area (Å²) in [6.45, 7) is 6.86. The molecule has 0 saturated heterocycles. The second-order valence-electron chi connectivity index (χ2n) is 6.56. The number of aliphatic hydroxyl groups is 2. The van der Waals surface area contributed by atoms with Crippen molar-refractivity contribution in [3.63, 3.8) is 0 Å². The van der Waals surface area contributed by atoms with Crippen LogP contribution in [0, 0.1) is 0 Å². The van der Waals surface area contributed by atoms with Crippen LogP contribution in [0.4, 0.5) is 5.69 Å². The summed E-state index contributed by atoms with van der Waals surface area (Å²) >= 11 is 0. The van der Waals surface area contributed by atoms with Gasteiger partial charge in [-0.15, -0.1) is 0 Å². The van der Waals surface area contributed by atoms with Crippen molar-refractivity contribution in [2.75, 3.05) is 18.1 Å². The SMILES string of the molecule is CC1(N)Cc2ccccc2N(CCC(O)CO)C1(C)C. The number of nitrogens with zero attached hydrogens (tertiary/aromatic N) is 1. The molecule has 2 atom stereocenters. The molecule has 0 radical (unpaired) electrons. The van der Waals surface area contributed by atoms with E-state index in [2.05, 4.69) is 37.8 Å². The molecular weight excluding hydrogens is 252 g/mol. The van der Waals surface area contributed by atoms with Gasteiger partial charge in [0.1, 0.15) is 0 Å².